The van der Waals surface area contributed by atoms with E-state index in [1.807, 2.05) is 31.2 Å². The molecule has 0 aliphatic heterocycles. The van der Waals surface area contributed by atoms with Crippen molar-refractivity contribution < 1.29 is 4.79 Å². The van der Waals surface area contributed by atoms with E-state index in [9.17, 15) is 4.79 Å². The molecule has 3 nitrogen and oxygen atoms in total. The van der Waals surface area contributed by atoms with Gasteiger partial charge in [-0.05, 0) is 42.1 Å². The summed E-state index contributed by atoms with van der Waals surface area (Å²) in [5.74, 6) is 0.228. The van der Waals surface area contributed by atoms with E-state index in [-0.39, 0.29) is 5.91 Å². The Bertz CT molecular complexity index is 560. The zero-order chi connectivity index (χ0) is 13.1. The van der Waals surface area contributed by atoms with E-state index in [1.165, 1.54) is 11.5 Å². The van der Waals surface area contributed by atoms with Crippen LogP contribution in [-0.4, -0.2) is 10.3 Å². The van der Waals surface area contributed by atoms with Gasteiger partial charge in [-0.3, -0.25) is 4.79 Å². The summed E-state index contributed by atoms with van der Waals surface area (Å²) in [5.41, 5.74) is 2.48. The van der Waals surface area contributed by atoms with Gasteiger partial charge in [0.2, 0.25) is 0 Å². The van der Waals surface area contributed by atoms with Gasteiger partial charge in [0.1, 0.15) is 5.69 Å². The van der Waals surface area contributed by atoms with Gasteiger partial charge in [-0.25, -0.2) is 0 Å². The van der Waals surface area contributed by atoms with Gasteiger partial charge >= 0.3 is 0 Å². The van der Waals surface area contributed by atoms with Gasteiger partial charge < -0.3 is 5.32 Å². The first-order chi connectivity index (χ1) is 8.58. The minimum atomic E-state index is -0.146. The monoisotopic (exact) mass is 260 g/mol. The van der Waals surface area contributed by atoms with E-state index in [2.05, 4.69) is 23.5 Å². The van der Waals surface area contributed by atoms with Crippen molar-refractivity contribution >= 4 is 23.1 Å². The summed E-state index contributed by atoms with van der Waals surface area (Å²) in [5, 5.41) is 2.93. The number of aryl methyl sites for hydroxylation is 1. The molecule has 0 unspecified atom stereocenters. The van der Waals surface area contributed by atoms with Gasteiger partial charge in [0, 0.05) is 10.6 Å². The lowest BCUT2D eigenvalue weighted by atomic mass is 10.0. The van der Waals surface area contributed by atoms with Gasteiger partial charge in [-0.1, -0.05) is 32.0 Å². The van der Waals surface area contributed by atoms with Crippen molar-refractivity contribution in [3.05, 3.63) is 46.5 Å². The number of hydrogen-bond donors (Lipinski definition) is 1. The highest BCUT2D eigenvalue weighted by Gasteiger charge is 2.12. The molecule has 0 bridgehead atoms. The second-order valence-corrected chi connectivity index (χ2v) is 5.53. The molecule has 0 spiro atoms. The van der Waals surface area contributed by atoms with Crippen LogP contribution in [0.15, 0.2) is 30.3 Å². The number of aromatic nitrogens is 1. The third kappa shape index (κ3) is 2.76. The highest BCUT2D eigenvalue weighted by atomic mass is 32.1. The maximum atomic E-state index is 12.0. The van der Waals surface area contributed by atoms with Gasteiger partial charge in [-0.15, -0.1) is 0 Å². The van der Waals surface area contributed by atoms with Crippen LogP contribution in [0.2, 0.25) is 0 Å². The minimum absolute atomic E-state index is 0.146. The number of rotatable bonds is 3. The van der Waals surface area contributed by atoms with Crippen molar-refractivity contribution in [1.29, 1.82) is 0 Å². The molecule has 94 valence electrons. The van der Waals surface area contributed by atoms with Gasteiger partial charge in [-0.2, -0.15) is 4.37 Å². The molecule has 0 radical (unpaired) electrons. The van der Waals surface area contributed by atoms with Gasteiger partial charge in [0.25, 0.3) is 5.91 Å². The van der Waals surface area contributed by atoms with E-state index in [4.69, 9.17) is 0 Å². The predicted octanol–water partition coefficient (Wildman–Crippen LogP) is 3.83. The maximum absolute atomic E-state index is 12.0. The first kappa shape index (κ1) is 12.8. The molecule has 1 amide bonds. The first-order valence-electron chi connectivity index (χ1n) is 5.91. The number of amides is 1. The zero-order valence-electron chi connectivity index (χ0n) is 10.7. The topological polar surface area (TPSA) is 42.0 Å². The molecular weight excluding hydrogens is 244 g/mol. The van der Waals surface area contributed by atoms with Crippen LogP contribution >= 0.6 is 11.5 Å². The van der Waals surface area contributed by atoms with Crippen LogP contribution in [0.3, 0.4) is 0 Å². The van der Waals surface area contributed by atoms with E-state index in [1.54, 1.807) is 6.07 Å². The van der Waals surface area contributed by atoms with Crippen molar-refractivity contribution in [2.75, 3.05) is 5.32 Å². The smallest absolute Gasteiger partial charge is 0.275 e. The maximum Gasteiger partial charge on any atom is 0.275 e. The van der Waals surface area contributed by atoms with Crippen LogP contribution in [0.5, 0.6) is 0 Å². The van der Waals surface area contributed by atoms with Crippen LogP contribution in [-0.2, 0) is 0 Å². The molecule has 0 aliphatic carbocycles. The number of carbonyl (C=O) groups excluding carboxylic acids is 1. The Balaban J connectivity index is 2.22. The fraction of sp³-hybridized carbons (Fsp3) is 0.286. The zero-order valence-corrected chi connectivity index (χ0v) is 11.5. The van der Waals surface area contributed by atoms with Crippen LogP contribution in [0.4, 0.5) is 5.69 Å². The van der Waals surface area contributed by atoms with Crippen molar-refractivity contribution in [2.45, 2.75) is 26.7 Å². The number of para-hydroxylation sites is 1. The Morgan fingerprint density at radius 3 is 2.67 bits per heavy atom. The molecule has 2 aromatic rings. The summed E-state index contributed by atoms with van der Waals surface area (Å²) in [7, 11) is 0. The van der Waals surface area contributed by atoms with E-state index < -0.39 is 0 Å². The van der Waals surface area contributed by atoms with Crippen LogP contribution in [0.25, 0.3) is 0 Å². The summed E-state index contributed by atoms with van der Waals surface area (Å²) in [6.45, 7) is 6.16. The molecule has 1 N–H and O–H groups in total. The lowest BCUT2D eigenvalue weighted by Crippen LogP contribution is -2.13. The summed E-state index contributed by atoms with van der Waals surface area (Å²) < 4.78 is 4.12. The standard InChI is InChI=1S/C14H16N2OS/c1-9(2)11-6-4-5-7-12(11)15-14(17)13-8-10(3)18-16-13/h4-9H,1-3H3,(H,15,17). The molecule has 1 heterocycles. The summed E-state index contributed by atoms with van der Waals surface area (Å²) in [6, 6.07) is 9.67. The highest BCUT2D eigenvalue weighted by Crippen LogP contribution is 2.24. The van der Waals surface area contributed by atoms with Crippen LogP contribution < -0.4 is 5.32 Å². The van der Waals surface area contributed by atoms with E-state index in [0.29, 0.717) is 11.6 Å². The molecule has 0 fully saturated rings. The van der Waals surface area contributed by atoms with Gasteiger partial charge in [0.05, 0.1) is 0 Å². The Morgan fingerprint density at radius 2 is 2.06 bits per heavy atom. The summed E-state index contributed by atoms with van der Waals surface area (Å²) in [6.07, 6.45) is 0. The number of nitrogens with one attached hydrogen (secondary N) is 1. The third-order valence-corrected chi connectivity index (χ3v) is 3.39. The van der Waals surface area contributed by atoms with Crippen molar-refractivity contribution in [2.24, 2.45) is 0 Å². The molecule has 1 aromatic heterocycles. The van der Waals surface area contributed by atoms with Gasteiger partial charge in [0.15, 0.2) is 0 Å². The third-order valence-electron chi connectivity index (χ3n) is 2.69. The quantitative estimate of drug-likeness (QED) is 0.911. The largest absolute Gasteiger partial charge is 0.320 e. The number of carbonyl (C=O) groups is 1. The molecule has 0 saturated heterocycles. The Morgan fingerprint density at radius 1 is 1.33 bits per heavy atom. The average Bonchev–Trinajstić information content (AvgIpc) is 2.76. The lowest BCUT2D eigenvalue weighted by Gasteiger charge is -2.12. The SMILES string of the molecule is Cc1cc(C(=O)Nc2ccccc2C(C)C)ns1. The molecule has 0 atom stereocenters. The fourth-order valence-corrected chi connectivity index (χ4v) is 2.32. The fourth-order valence-electron chi connectivity index (χ4n) is 1.77. The minimum Gasteiger partial charge on any atom is -0.320 e. The van der Waals surface area contributed by atoms with Crippen molar-refractivity contribution in [3.8, 4) is 0 Å². The molecule has 1 aromatic carbocycles. The molecule has 18 heavy (non-hydrogen) atoms. The molecule has 4 heteroatoms. The van der Waals surface area contributed by atoms with Crippen LogP contribution in [0, 0.1) is 6.92 Å². The van der Waals surface area contributed by atoms with Crippen molar-refractivity contribution in [3.63, 3.8) is 0 Å². The Hall–Kier alpha value is -1.68. The lowest BCUT2D eigenvalue weighted by molar-refractivity contribution is 0.102. The second-order valence-electron chi connectivity index (χ2n) is 4.52. The molecule has 0 aliphatic rings. The Labute approximate surface area is 111 Å². The molecular formula is C14H16N2OS. The Kier molecular flexibility index (Phi) is 3.77. The second kappa shape index (κ2) is 5.31. The van der Waals surface area contributed by atoms with Crippen LogP contribution in [0.1, 0.15) is 40.7 Å². The average molecular weight is 260 g/mol. The highest BCUT2D eigenvalue weighted by molar-refractivity contribution is 7.05. The normalized spacial score (nSPS) is 10.7. The molecule has 0 saturated carbocycles. The summed E-state index contributed by atoms with van der Waals surface area (Å²) >= 11 is 1.34. The predicted molar refractivity (Wildman–Crippen MR) is 75.3 cm³/mol. The molecule has 2 rings (SSSR count). The number of hydrogen-bond acceptors (Lipinski definition) is 3. The first-order valence-corrected chi connectivity index (χ1v) is 6.69. The number of anilines is 1. The summed E-state index contributed by atoms with van der Waals surface area (Å²) in [4.78, 5) is 13.1. The van der Waals surface area contributed by atoms with E-state index >= 15 is 0 Å². The van der Waals surface area contributed by atoms with Crippen molar-refractivity contribution in [1.82, 2.24) is 4.37 Å². The number of benzene rings is 1. The number of nitrogens with zero attached hydrogens (tertiary/aromatic N) is 1. The van der Waals surface area contributed by atoms with E-state index in [0.717, 1.165) is 16.1 Å².